The summed E-state index contributed by atoms with van der Waals surface area (Å²) >= 11 is 6.22. The smallest absolute Gasteiger partial charge is 0.263 e. The molecule has 8 nitrogen and oxygen atoms in total. The number of rotatable bonds is 3. The van der Waals surface area contributed by atoms with Crippen LogP contribution in [0.4, 0.5) is 5.95 Å². The zero-order valence-corrected chi connectivity index (χ0v) is 13.6. The first kappa shape index (κ1) is 16.5. The summed E-state index contributed by atoms with van der Waals surface area (Å²) in [7, 11) is 0. The monoisotopic (exact) mass is 426 g/mol. The molecule has 0 bridgehead atoms. The number of nitrogens with zero attached hydrogens (tertiary/aromatic N) is 4. The van der Waals surface area contributed by atoms with Crippen molar-refractivity contribution in [3.05, 3.63) is 26.9 Å². The fourth-order valence-corrected chi connectivity index (χ4v) is 2.35. The number of hydrogen-bond donors (Lipinski definition) is 4. The summed E-state index contributed by atoms with van der Waals surface area (Å²) in [6.45, 7) is 0. The van der Waals surface area contributed by atoms with Gasteiger partial charge in [0.2, 0.25) is 0 Å². The number of nitrogens with one attached hydrogen (secondary N) is 1. The zero-order valence-electron chi connectivity index (χ0n) is 9.66. The van der Waals surface area contributed by atoms with Crippen LogP contribution in [0.2, 0.25) is 0 Å². The second-order valence-corrected chi connectivity index (χ2v) is 5.04. The molecule has 1 aromatic carbocycles. The molecule has 0 atom stereocenters. The molecule has 5 N–H and O–H groups in total. The number of aromatic hydroxyl groups is 2. The first-order valence-electron chi connectivity index (χ1n) is 4.84. The second-order valence-electron chi connectivity index (χ2n) is 3.39. The average molecular weight is 428 g/mol. The molecule has 2 aromatic rings. The number of phenolic OH excluding ortho intramolecular Hbond substituents is 2. The zero-order chi connectivity index (χ0) is 14.0. The van der Waals surface area contributed by atoms with Gasteiger partial charge < -0.3 is 16.1 Å². The van der Waals surface area contributed by atoms with Gasteiger partial charge in [-0.15, -0.1) is 22.6 Å². The molecule has 0 spiro atoms. The van der Waals surface area contributed by atoms with Crippen LogP contribution in [0.1, 0.15) is 5.56 Å². The molecule has 0 saturated heterocycles. The maximum absolute atomic E-state index is 9.81. The van der Waals surface area contributed by atoms with E-state index in [0.717, 1.165) is 4.68 Å². The fourth-order valence-electron chi connectivity index (χ4n) is 1.20. The fraction of sp³-hybridized carbons (Fsp3) is 0. The molecule has 1 heterocycles. The Bertz CT molecular complexity index is 648. The van der Waals surface area contributed by atoms with Crippen LogP contribution in [-0.2, 0) is 0 Å². The summed E-state index contributed by atoms with van der Waals surface area (Å²) < 4.78 is 1.74. The van der Waals surface area contributed by atoms with Gasteiger partial charge in [0.1, 0.15) is 22.3 Å². The molecule has 0 aliphatic heterocycles. The van der Waals surface area contributed by atoms with Gasteiger partial charge in [-0.05, 0) is 37.9 Å². The third-order valence-corrected chi connectivity index (χ3v) is 3.49. The summed E-state index contributed by atoms with van der Waals surface area (Å²) in [6.07, 6.45) is 2.65. The molecule has 0 radical (unpaired) electrons. The van der Waals surface area contributed by atoms with Crippen LogP contribution in [0.25, 0.3) is 0 Å². The Hall–Kier alpha value is -1.52. The standard InChI is InChI=1S/C9H8Br2N6O2.ClH/c10-5-1-4(7(18)6(11)8(5)19)2-13-15-9-16-14-3-17(9)12;/h1-3,18-19H,12H2,(H,15,16);1H/b13-2+;. The summed E-state index contributed by atoms with van der Waals surface area (Å²) in [4.78, 5) is 0. The number of hydrogen-bond acceptors (Lipinski definition) is 7. The van der Waals surface area contributed by atoms with E-state index in [1.807, 2.05) is 0 Å². The van der Waals surface area contributed by atoms with E-state index < -0.39 is 0 Å². The molecule has 11 heteroatoms. The third kappa shape index (κ3) is 3.32. The highest BCUT2D eigenvalue weighted by atomic mass is 79.9. The minimum absolute atomic E-state index is 0. The quantitative estimate of drug-likeness (QED) is 0.336. The first-order chi connectivity index (χ1) is 9.00. The summed E-state index contributed by atoms with van der Waals surface area (Å²) in [5.41, 5.74) is 2.93. The van der Waals surface area contributed by atoms with Crippen LogP contribution >= 0.6 is 44.3 Å². The van der Waals surface area contributed by atoms with Crippen molar-refractivity contribution >= 4 is 56.4 Å². The Balaban J connectivity index is 0.00000200. The Kier molecular flexibility index (Phi) is 5.60. The predicted octanol–water partition coefficient (Wildman–Crippen LogP) is 1.80. The molecular formula is C9H9Br2ClN6O2. The molecule has 0 aliphatic carbocycles. The minimum Gasteiger partial charge on any atom is -0.506 e. The average Bonchev–Trinajstić information content (AvgIpc) is 2.79. The predicted molar refractivity (Wildman–Crippen MR) is 83.8 cm³/mol. The number of nitrogen functional groups attached to an aromatic ring is 1. The van der Waals surface area contributed by atoms with Gasteiger partial charge in [-0.3, -0.25) is 0 Å². The van der Waals surface area contributed by atoms with Gasteiger partial charge in [-0.25, -0.2) is 10.1 Å². The maximum atomic E-state index is 9.81. The van der Waals surface area contributed by atoms with Gasteiger partial charge in [0.25, 0.3) is 5.95 Å². The van der Waals surface area contributed by atoms with E-state index in [4.69, 9.17) is 5.84 Å². The molecule has 108 valence electrons. The summed E-state index contributed by atoms with van der Waals surface area (Å²) in [6, 6.07) is 1.51. The minimum atomic E-state index is -0.138. The van der Waals surface area contributed by atoms with E-state index in [1.54, 1.807) is 0 Å². The number of phenols is 2. The Labute approximate surface area is 136 Å². The number of anilines is 1. The molecule has 0 amide bonds. The van der Waals surface area contributed by atoms with Crippen molar-refractivity contribution in [1.82, 2.24) is 14.9 Å². The van der Waals surface area contributed by atoms with Gasteiger partial charge in [0, 0.05) is 5.56 Å². The van der Waals surface area contributed by atoms with Gasteiger partial charge in [0.15, 0.2) is 0 Å². The third-order valence-electron chi connectivity index (χ3n) is 2.14. The van der Waals surface area contributed by atoms with Gasteiger partial charge >= 0.3 is 0 Å². The van der Waals surface area contributed by atoms with Crippen molar-refractivity contribution in [3.8, 4) is 11.5 Å². The first-order valence-corrected chi connectivity index (χ1v) is 6.43. The molecule has 0 saturated carbocycles. The molecule has 0 unspecified atom stereocenters. The van der Waals surface area contributed by atoms with Crippen LogP contribution in [0.15, 0.2) is 26.4 Å². The Morgan fingerprint density at radius 2 is 2.05 bits per heavy atom. The van der Waals surface area contributed by atoms with E-state index in [1.165, 1.54) is 18.6 Å². The molecule has 0 fully saturated rings. The number of halogens is 3. The molecule has 1 aromatic heterocycles. The van der Waals surface area contributed by atoms with Crippen molar-refractivity contribution < 1.29 is 10.2 Å². The number of nitrogens with two attached hydrogens (primary N) is 1. The lowest BCUT2D eigenvalue weighted by molar-refractivity contribution is 0.442. The summed E-state index contributed by atoms with van der Waals surface area (Å²) in [5, 5.41) is 30.5. The number of aromatic nitrogens is 3. The Morgan fingerprint density at radius 1 is 1.35 bits per heavy atom. The highest BCUT2D eigenvalue weighted by Crippen LogP contribution is 2.40. The lowest BCUT2D eigenvalue weighted by Gasteiger charge is -2.06. The van der Waals surface area contributed by atoms with E-state index in [0.29, 0.717) is 10.0 Å². The number of benzene rings is 1. The van der Waals surface area contributed by atoms with Crippen molar-refractivity contribution in [2.45, 2.75) is 0 Å². The van der Waals surface area contributed by atoms with Gasteiger partial charge in [0.05, 0.1) is 10.7 Å². The van der Waals surface area contributed by atoms with E-state index >= 15 is 0 Å². The summed E-state index contributed by atoms with van der Waals surface area (Å²) in [5.74, 6) is 5.49. The topological polar surface area (TPSA) is 122 Å². The van der Waals surface area contributed by atoms with Crippen molar-refractivity contribution in [2.75, 3.05) is 11.3 Å². The molecule has 20 heavy (non-hydrogen) atoms. The van der Waals surface area contributed by atoms with Crippen molar-refractivity contribution in [2.24, 2.45) is 5.10 Å². The largest absolute Gasteiger partial charge is 0.506 e. The highest BCUT2D eigenvalue weighted by molar-refractivity contribution is 9.11. The molecular weight excluding hydrogens is 419 g/mol. The second kappa shape index (κ2) is 6.77. The van der Waals surface area contributed by atoms with Crippen LogP contribution < -0.4 is 11.3 Å². The highest BCUT2D eigenvalue weighted by Gasteiger charge is 2.12. The van der Waals surface area contributed by atoms with E-state index in [9.17, 15) is 10.2 Å². The van der Waals surface area contributed by atoms with Crippen LogP contribution in [0.5, 0.6) is 11.5 Å². The van der Waals surface area contributed by atoms with Crippen LogP contribution in [0.3, 0.4) is 0 Å². The normalized spacial score (nSPS) is 10.5. The molecule has 2 rings (SSSR count). The molecule has 0 aliphatic rings. The van der Waals surface area contributed by atoms with Crippen LogP contribution in [0, 0.1) is 0 Å². The van der Waals surface area contributed by atoms with Gasteiger partial charge in [-0.2, -0.15) is 5.10 Å². The van der Waals surface area contributed by atoms with E-state index in [2.05, 4.69) is 52.6 Å². The van der Waals surface area contributed by atoms with Crippen molar-refractivity contribution in [3.63, 3.8) is 0 Å². The Morgan fingerprint density at radius 3 is 2.65 bits per heavy atom. The van der Waals surface area contributed by atoms with Gasteiger partial charge in [-0.1, -0.05) is 0 Å². The SMILES string of the molecule is Cl.Nn1cnnc1N/N=C/c1cc(Br)c(O)c(Br)c1O. The van der Waals surface area contributed by atoms with E-state index in [-0.39, 0.29) is 34.3 Å². The maximum Gasteiger partial charge on any atom is 0.263 e. The van der Waals surface area contributed by atoms with Crippen molar-refractivity contribution in [1.29, 1.82) is 0 Å². The lowest BCUT2D eigenvalue weighted by atomic mass is 10.2. The number of hydrazone groups is 1. The van der Waals surface area contributed by atoms with Crippen LogP contribution in [-0.4, -0.2) is 31.3 Å². The lowest BCUT2D eigenvalue weighted by Crippen LogP contribution is -2.10.